The number of hydrogen-bond donors (Lipinski definition) is 2. The fraction of sp³-hybridized carbons (Fsp3) is 0.385. The molecule has 2 N–H and O–H groups in total. The summed E-state index contributed by atoms with van der Waals surface area (Å²) in [6, 6.07) is 5.87. The minimum absolute atomic E-state index is 0.230. The number of aromatic nitrogens is 2. The SMILES string of the molecule is Cc1nnc(NC2CCCc3ccc(O)cc32)s1. The van der Waals surface area contributed by atoms with E-state index in [-0.39, 0.29) is 6.04 Å². The molecule has 1 aromatic carbocycles. The number of anilines is 1. The molecule has 0 bridgehead atoms. The molecule has 2 aromatic rings. The van der Waals surface area contributed by atoms with Crippen molar-refractivity contribution in [2.24, 2.45) is 0 Å². The lowest BCUT2D eigenvalue weighted by molar-refractivity contribution is 0.471. The van der Waals surface area contributed by atoms with Crippen LogP contribution in [0.5, 0.6) is 5.75 Å². The zero-order valence-electron chi connectivity index (χ0n) is 10.2. The molecule has 1 aromatic heterocycles. The normalized spacial score (nSPS) is 18.4. The van der Waals surface area contributed by atoms with E-state index in [1.54, 1.807) is 17.4 Å². The molecule has 3 rings (SSSR count). The van der Waals surface area contributed by atoms with E-state index in [0.29, 0.717) is 5.75 Å². The van der Waals surface area contributed by atoms with Crippen molar-refractivity contribution in [2.75, 3.05) is 5.32 Å². The van der Waals surface area contributed by atoms with Crippen LogP contribution in [0.3, 0.4) is 0 Å². The number of aryl methyl sites for hydroxylation is 2. The Kier molecular flexibility index (Phi) is 2.91. The maximum atomic E-state index is 9.62. The molecule has 0 saturated heterocycles. The number of fused-ring (bicyclic) bond motifs is 1. The number of nitrogens with one attached hydrogen (secondary N) is 1. The van der Waals surface area contributed by atoms with Crippen LogP contribution in [0, 0.1) is 6.92 Å². The van der Waals surface area contributed by atoms with E-state index in [4.69, 9.17) is 0 Å². The van der Waals surface area contributed by atoms with E-state index < -0.39 is 0 Å². The summed E-state index contributed by atoms with van der Waals surface area (Å²) in [6.07, 6.45) is 3.31. The molecule has 4 nitrogen and oxygen atoms in total. The van der Waals surface area contributed by atoms with Crippen LogP contribution in [0.2, 0.25) is 0 Å². The van der Waals surface area contributed by atoms with Gasteiger partial charge < -0.3 is 10.4 Å². The maximum absolute atomic E-state index is 9.62. The third-order valence-corrected chi connectivity index (χ3v) is 4.04. The number of nitrogens with zero attached hydrogens (tertiary/aromatic N) is 2. The van der Waals surface area contributed by atoms with Crippen LogP contribution in [0.1, 0.15) is 35.0 Å². The van der Waals surface area contributed by atoms with Crippen molar-refractivity contribution in [3.05, 3.63) is 34.3 Å². The second kappa shape index (κ2) is 4.57. The first-order chi connectivity index (χ1) is 8.72. The molecule has 1 atom stereocenters. The first kappa shape index (κ1) is 11.5. The van der Waals surface area contributed by atoms with E-state index in [9.17, 15) is 5.11 Å². The van der Waals surface area contributed by atoms with Crippen molar-refractivity contribution in [3.63, 3.8) is 0 Å². The Bertz CT molecular complexity index is 567. The van der Waals surface area contributed by atoms with Gasteiger partial charge in [-0.15, -0.1) is 10.2 Å². The van der Waals surface area contributed by atoms with Crippen LogP contribution < -0.4 is 5.32 Å². The van der Waals surface area contributed by atoms with Gasteiger partial charge in [-0.25, -0.2) is 0 Å². The highest BCUT2D eigenvalue weighted by Crippen LogP contribution is 2.34. The molecule has 0 spiro atoms. The molecule has 94 valence electrons. The van der Waals surface area contributed by atoms with Gasteiger partial charge >= 0.3 is 0 Å². The van der Waals surface area contributed by atoms with Gasteiger partial charge in [0.25, 0.3) is 0 Å². The van der Waals surface area contributed by atoms with Gasteiger partial charge in [-0.05, 0) is 49.4 Å². The second-order valence-electron chi connectivity index (χ2n) is 4.60. The molecular weight excluding hydrogens is 246 g/mol. The Labute approximate surface area is 110 Å². The number of aromatic hydroxyl groups is 1. The summed E-state index contributed by atoms with van der Waals surface area (Å²) >= 11 is 1.56. The first-order valence-electron chi connectivity index (χ1n) is 6.11. The predicted molar refractivity (Wildman–Crippen MR) is 72.1 cm³/mol. The molecule has 0 aliphatic heterocycles. The average Bonchev–Trinajstić information content (AvgIpc) is 2.76. The van der Waals surface area contributed by atoms with Gasteiger partial charge in [-0.3, -0.25) is 0 Å². The van der Waals surface area contributed by atoms with Crippen molar-refractivity contribution in [1.29, 1.82) is 0 Å². The van der Waals surface area contributed by atoms with E-state index >= 15 is 0 Å². The first-order valence-corrected chi connectivity index (χ1v) is 6.92. The molecule has 18 heavy (non-hydrogen) atoms. The van der Waals surface area contributed by atoms with E-state index in [0.717, 1.165) is 29.4 Å². The standard InChI is InChI=1S/C13H15N3OS/c1-8-15-16-13(18-8)14-12-4-2-3-9-5-6-10(17)7-11(9)12/h5-7,12,17H,2-4H2,1H3,(H,14,16). The Hall–Kier alpha value is -1.62. The number of rotatable bonds is 2. The largest absolute Gasteiger partial charge is 0.508 e. The Morgan fingerprint density at radius 2 is 2.28 bits per heavy atom. The Balaban J connectivity index is 1.88. The molecule has 5 heteroatoms. The summed E-state index contributed by atoms with van der Waals surface area (Å²) in [6.45, 7) is 1.95. The zero-order valence-corrected chi connectivity index (χ0v) is 11.0. The van der Waals surface area contributed by atoms with Crippen molar-refractivity contribution >= 4 is 16.5 Å². The predicted octanol–water partition coefficient (Wildman–Crippen LogP) is 3.04. The van der Waals surface area contributed by atoms with Crippen molar-refractivity contribution in [1.82, 2.24) is 10.2 Å². The topological polar surface area (TPSA) is 58.0 Å². The van der Waals surface area contributed by atoms with Crippen LogP contribution >= 0.6 is 11.3 Å². The highest BCUT2D eigenvalue weighted by atomic mass is 32.1. The number of phenolic OH excluding ortho intramolecular Hbond substituents is 1. The van der Waals surface area contributed by atoms with Crippen molar-refractivity contribution in [3.8, 4) is 5.75 Å². The maximum Gasteiger partial charge on any atom is 0.206 e. The number of hydrogen-bond acceptors (Lipinski definition) is 5. The van der Waals surface area contributed by atoms with E-state index in [1.165, 1.54) is 11.1 Å². The van der Waals surface area contributed by atoms with Crippen LogP contribution in [-0.2, 0) is 6.42 Å². The molecular formula is C13H15N3OS. The molecule has 1 aliphatic carbocycles. The van der Waals surface area contributed by atoms with Crippen LogP contribution in [0.25, 0.3) is 0 Å². The summed E-state index contributed by atoms with van der Waals surface area (Å²) < 4.78 is 0. The summed E-state index contributed by atoms with van der Waals surface area (Å²) in [4.78, 5) is 0. The summed E-state index contributed by atoms with van der Waals surface area (Å²) in [5, 5.41) is 23.0. The fourth-order valence-electron chi connectivity index (χ4n) is 2.44. The monoisotopic (exact) mass is 261 g/mol. The highest BCUT2D eigenvalue weighted by Gasteiger charge is 2.21. The van der Waals surface area contributed by atoms with Gasteiger partial charge in [-0.2, -0.15) is 0 Å². The fourth-order valence-corrected chi connectivity index (χ4v) is 3.08. The van der Waals surface area contributed by atoms with Crippen LogP contribution in [0.15, 0.2) is 18.2 Å². The minimum Gasteiger partial charge on any atom is -0.508 e. The minimum atomic E-state index is 0.230. The third kappa shape index (κ3) is 2.18. The summed E-state index contributed by atoms with van der Waals surface area (Å²) in [5.41, 5.74) is 2.51. The van der Waals surface area contributed by atoms with Gasteiger partial charge in [-0.1, -0.05) is 17.4 Å². The molecule has 0 fully saturated rings. The molecule has 1 heterocycles. The van der Waals surface area contributed by atoms with Crippen LogP contribution in [-0.4, -0.2) is 15.3 Å². The molecule has 0 saturated carbocycles. The smallest absolute Gasteiger partial charge is 0.206 e. The van der Waals surface area contributed by atoms with Gasteiger partial charge in [0.15, 0.2) is 0 Å². The van der Waals surface area contributed by atoms with Gasteiger partial charge in [0.1, 0.15) is 10.8 Å². The summed E-state index contributed by atoms with van der Waals surface area (Å²) in [7, 11) is 0. The second-order valence-corrected chi connectivity index (χ2v) is 5.78. The molecule has 0 radical (unpaired) electrons. The number of phenols is 1. The molecule has 0 amide bonds. The van der Waals surface area contributed by atoms with Crippen LogP contribution in [0.4, 0.5) is 5.13 Å². The molecule has 1 aliphatic rings. The lowest BCUT2D eigenvalue weighted by Crippen LogP contribution is -2.17. The zero-order chi connectivity index (χ0) is 12.5. The Morgan fingerprint density at radius 1 is 1.39 bits per heavy atom. The lowest BCUT2D eigenvalue weighted by atomic mass is 9.87. The van der Waals surface area contributed by atoms with Crippen molar-refractivity contribution < 1.29 is 5.11 Å². The summed E-state index contributed by atoms with van der Waals surface area (Å²) in [5.74, 6) is 0.330. The average molecular weight is 261 g/mol. The van der Waals surface area contributed by atoms with Gasteiger partial charge in [0, 0.05) is 0 Å². The lowest BCUT2D eigenvalue weighted by Gasteiger charge is -2.26. The van der Waals surface area contributed by atoms with E-state index in [2.05, 4.69) is 15.5 Å². The van der Waals surface area contributed by atoms with E-state index in [1.807, 2.05) is 19.1 Å². The van der Waals surface area contributed by atoms with Gasteiger partial charge in [0.05, 0.1) is 6.04 Å². The highest BCUT2D eigenvalue weighted by molar-refractivity contribution is 7.15. The number of benzene rings is 1. The van der Waals surface area contributed by atoms with Crippen molar-refractivity contribution in [2.45, 2.75) is 32.2 Å². The third-order valence-electron chi connectivity index (χ3n) is 3.27. The van der Waals surface area contributed by atoms with Gasteiger partial charge in [0.2, 0.25) is 5.13 Å². The molecule has 1 unspecified atom stereocenters. The Morgan fingerprint density at radius 3 is 3.06 bits per heavy atom. The quantitative estimate of drug-likeness (QED) is 0.872.